The van der Waals surface area contributed by atoms with Crippen molar-refractivity contribution in [2.45, 2.75) is 32.6 Å². The fraction of sp³-hybridized carbons (Fsp3) is 0.286. The summed E-state index contributed by atoms with van der Waals surface area (Å²) in [7, 11) is -3.72. The van der Waals surface area contributed by atoms with Crippen LogP contribution in [0.3, 0.4) is 0 Å². The van der Waals surface area contributed by atoms with E-state index in [4.69, 9.17) is 21.1 Å². The molecule has 3 aromatic rings. The van der Waals surface area contributed by atoms with Crippen LogP contribution in [-0.4, -0.2) is 55.1 Å². The maximum absolute atomic E-state index is 13.6. The van der Waals surface area contributed by atoms with Crippen LogP contribution >= 0.6 is 11.6 Å². The zero-order chi connectivity index (χ0) is 28.0. The predicted molar refractivity (Wildman–Crippen MR) is 148 cm³/mol. The smallest absolute Gasteiger partial charge is 0.242 e. The Balaban J connectivity index is 1.50. The molecule has 1 aliphatic heterocycles. The Morgan fingerprint density at radius 2 is 1.56 bits per heavy atom. The maximum atomic E-state index is 13.6. The number of nitrogens with zero attached hydrogens (tertiary/aromatic N) is 2. The van der Waals surface area contributed by atoms with Crippen molar-refractivity contribution in [3.63, 3.8) is 0 Å². The lowest BCUT2D eigenvalue weighted by Crippen LogP contribution is -2.50. The zero-order valence-corrected chi connectivity index (χ0v) is 23.2. The second kappa shape index (κ2) is 12.5. The SMILES string of the molecule is C[C@H](C(=O)NCc1ccc2c(c1)OCO2)N(Cc1ccc(Cl)cc1)C(=O)CN(Cc1ccccc1)S(C)(=O)=O. The Morgan fingerprint density at radius 1 is 0.923 bits per heavy atom. The normalized spacial score (nSPS) is 13.2. The highest BCUT2D eigenvalue weighted by Gasteiger charge is 2.30. The number of rotatable bonds is 11. The van der Waals surface area contributed by atoms with Gasteiger partial charge in [0, 0.05) is 24.7 Å². The molecular weight excluding hydrogens is 542 g/mol. The molecule has 0 aliphatic carbocycles. The van der Waals surface area contributed by atoms with Crippen LogP contribution in [-0.2, 0) is 39.2 Å². The van der Waals surface area contributed by atoms with Gasteiger partial charge in [-0.05, 0) is 47.9 Å². The van der Waals surface area contributed by atoms with Crippen LogP contribution in [0.2, 0.25) is 5.02 Å². The van der Waals surface area contributed by atoms with Gasteiger partial charge >= 0.3 is 0 Å². The first-order chi connectivity index (χ1) is 18.6. The number of benzene rings is 3. The third-order valence-corrected chi connectivity index (χ3v) is 7.77. The highest BCUT2D eigenvalue weighted by Crippen LogP contribution is 2.32. The van der Waals surface area contributed by atoms with E-state index in [0.717, 1.165) is 27.3 Å². The summed E-state index contributed by atoms with van der Waals surface area (Å²) in [6, 6.07) is 20.4. The molecule has 0 spiro atoms. The fourth-order valence-corrected chi connectivity index (χ4v) is 4.93. The summed E-state index contributed by atoms with van der Waals surface area (Å²) in [5.41, 5.74) is 2.30. The van der Waals surface area contributed by atoms with Gasteiger partial charge in [-0.15, -0.1) is 0 Å². The summed E-state index contributed by atoms with van der Waals surface area (Å²) in [5.74, 6) is 0.360. The van der Waals surface area contributed by atoms with Crippen LogP contribution in [0.1, 0.15) is 23.6 Å². The lowest BCUT2D eigenvalue weighted by molar-refractivity contribution is -0.140. The van der Waals surface area contributed by atoms with Gasteiger partial charge in [-0.2, -0.15) is 4.31 Å². The van der Waals surface area contributed by atoms with Gasteiger partial charge in [0.1, 0.15) is 6.04 Å². The van der Waals surface area contributed by atoms with Gasteiger partial charge in [0.25, 0.3) is 0 Å². The number of hydrogen-bond acceptors (Lipinski definition) is 6. The van der Waals surface area contributed by atoms with E-state index < -0.39 is 28.5 Å². The standard InChI is InChI=1S/C28H30ClN3O6S/c1-20(28(34)30-15-23-10-13-25-26(14-23)38-19-37-25)32(17-22-8-11-24(29)12-9-22)27(33)18-31(39(2,35)36)16-21-6-4-3-5-7-21/h3-14,20H,15-19H2,1-2H3,(H,30,34)/t20-/m1/s1. The molecule has 1 atom stereocenters. The summed E-state index contributed by atoms with van der Waals surface area (Å²) in [5, 5.41) is 3.40. The molecule has 0 bridgehead atoms. The van der Waals surface area contributed by atoms with E-state index in [1.54, 1.807) is 67.6 Å². The zero-order valence-electron chi connectivity index (χ0n) is 21.7. The molecule has 1 aliphatic rings. The van der Waals surface area contributed by atoms with Crippen molar-refractivity contribution in [2.75, 3.05) is 19.6 Å². The van der Waals surface area contributed by atoms with Gasteiger partial charge in [-0.25, -0.2) is 8.42 Å². The minimum Gasteiger partial charge on any atom is -0.454 e. The van der Waals surface area contributed by atoms with Crippen LogP contribution in [0.5, 0.6) is 11.5 Å². The molecular formula is C28H30ClN3O6S. The average molecular weight is 572 g/mol. The van der Waals surface area contributed by atoms with Gasteiger partial charge in [0.05, 0.1) is 12.8 Å². The van der Waals surface area contributed by atoms with Crippen LogP contribution in [0.25, 0.3) is 0 Å². The van der Waals surface area contributed by atoms with Crippen LogP contribution < -0.4 is 14.8 Å². The number of carbonyl (C=O) groups is 2. The Labute approximate surface area is 233 Å². The molecule has 0 unspecified atom stereocenters. The number of halogens is 1. The van der Waals surface area contributed by atoms with Crippen molar-refractivity contribution in [3.05, 3.63) is 94.5 Å². The molecule has 1 heterocycles. The first-order valence-corrected chi connectivity index (χ1v) is 14.5. The van der Waals surface area contributed by atoms with Gasteiger partial charge in [-0.3, -0.25) is 9.59 Å². The first kappa shape index (κ1) is 28.4. The molecule has 1 N–H and O–H groups in total. The third-order valence-electron chi connectivity index (χ3n) is 6.32. The Bertz CT molecular complexity index is 1420. The summed E-state index contributed by atoms with van der Waals surface area (Å²) < 4.78 is 37.0. The number of ether oxygens (including phenoxy) is 2. The largest absolute Gasteiger partial charge is 0.454 e. The van der Waals surface area contributed by atoms with Crippen LogP contribution in [0, 0.1) is 0 Å². The quantitative estimate of drug-likeness (QED) is 0.377. The van der Waals surface area contributed by atoms with Gasteiger partial charge in [0.2, 0.25) is 28.6 Å². The average Bonchev–Trinajstić information content (AvgIpc) is 3.38. The topological polar surface area (TPSA) is 105 Å². The molecule has 2 amide bonds. The fourth-order valence-electron chi connectivity index (χ4n) is 4.08. The molecule has 0 radical (unpaired) electrons. The van der Waals surface area contributed by atoms with Crippen molar-refractivity contribution in [3.8, 4) is 11.5 Å². The molecule has 0 aromatic heterocycles. The number of fused-ring (bicyclic) bond motifs is 1. The number of amides is 2. The van der Waals surface area contributed by atoms with E-state index in [-0.39, 0.29) is 32.3 Å². The van der Waals surface area contributed by atoms with Crippen molar-refractivity contribution in [1.82, 2.24) is 14.5 Å². The maximum Gasteiger partial charge on any atom is 0.242 e. The van der Waals surface area contributed by atoms with Gasteiger partial charge in [0.15, 0.2) is 11.5 Å². The third kappa shape index (κ3) is 7.72. The molecule has 11 heteroatoms. The van der Waals surface area contributed by atoms with Crippen LogP contribution in [0.4, 0.5) is 0 Å². The van der Waals surface area contributed by atoms with Crippen molar-refractivity contribution in [1.29, 1.82) is 0 Å². The second-order valence-corrected chi connectivity index (χ2v) is 11.7. The summed E-state index contributed by atoms with van der Waals surface area (Å²) in [6.07, 6.45) is 1.06. The number of carbonyl (C=O) groups excluding carboxylic acids is 2. The number of hydrogen-bond donors (Lipinski definition) is 1. The van der Waals surface area contributed by atoms with E-state index in [2.05, 4.69) is 5.32 Å². The van der Waals surface area contributed by atoms with E-state index in [1.165, 1.54) is 4.90 Å². The monoisotopic (exact) mass is 571 g/mol. The number of nitrogens with one attached hydrogen (secondary N) is 1. The van der Waals surface area contributed by atoms with E-state index in [1.807, 2.05) is 12.1 Å². The Morgan fingerprint density at radius 3 is 2.26 bits per heavy atom. The lowest BCUT2D eigenvalue weighted by atomic mass is 10.1. The highest BCUT2D eigenvalue weighted by atomic mass is 35.5. The first-order valence-electron chi connectivity index (χ1n) is 12.3. The van der Waals surface area contributed by atoms with E-state index in [0.29, 0.717) is 16.5 Å². The Kier molecular flexibility index (Phi) is 9.11. The molecule has 0 fully saturated rings. The molecule has 9 nitrogen and oxygen atoms in total. The summed E-state index contributed by atoms with van der Waals surface area (Å²) in [6.45, 7) is 1.69. The minimum atomic E-state index is -3.72. The van der Waals surface area contributed by atoms with Crippen molar-refractivity contribution >= 4 is 33.4 Å². The van der Waals surface area contributed by atoms with E-state index >= 15 is 0 Å². The van der Waals surface area contributed by atoms with Crippen molar-refractivity contribution < 1.29 is 27.5 Å². The Hall–Kier alpha value is -3.60. The molecule has 0 saturated carbocycles. The summed E-state index contributed by atoms with van der Waals surface area (Å²) in [4.78, 5) is 28.2. The van der Waals surface area contributed by atoms with Gasteiger partial charge < -0.3 is 19.7 Å². The lowest BCUT2D eigenvalue weighted by Gasteiger charge is -2.31. The highest BCUT2D eigenvalue weighted by molar-refractivity contribution is 7.88. The number of sulfonamides is 1. The van der Waals surface area contributed by atoms with Crippen molar-refractivity contribution in [2.24, 2.45) is 0 Å². The molecule has 206 valence electrons. The molecule has 3 aromatic carbocycles. The van der Waals surface area contributed by atoms with E-state index in [9.17, 15) is 18.0 Å². The molecule has 39 heavy (non-hydrogen) atoms. The van der Waals surface area contributed by atoms with Crippen LogP contribution in [0.15, 0.2) is 72.8 Å². The predicted octanol–water partition coefficient (Wildman–Crippen LogP) is 3.56. The molecule has 4 rings (SSSR count). The minimum absolute atomic E-state index is 0.0326. The molecule has 0 saturated heterocycles. The second-order valence-electron chi connectivity index (χ2n) is 9.25. The van der Waals surface area contributed by atoms with Gasteiger partial charge in [-0.1, -0.05) is 60.1 Å². The summed E-state index contributed by atoms with van der Waals surface area (Å²) >= 11 is 6.02.